The average molecular weight is 376 g/mol. The molecular formula is C20H28N2O5. The number of imide groups is 1. The largest absolute Gasteiger partial charge is 0.494 e. The Morgan fingerprint density at radius 3 is 2.44 bits per heavy atom. The Labute approximate surface area is 160 Å². The van der Waals surface area contributed by atoms with Crippen LogP contribution in [0, 0.1) is 0 Å². The van der Waals surface area contributed by atoms with E-state index in [4.69, 9.17) is 9.47 Å². The molecule has 0 saturated carbocycles. The van der Waals surface area contributed by atoms with Crippen LogP contribution in [0.15, 0.2) is 24.3 Å². The Morgan fingerprint density at radius 1 is 1.07 bits per heavy atom. The minimum Gasteiger partial charge on any atom is -0.494 e. The molecule has 0 atom stereocenters. The number of rotatable bonds is 12. The van der Waals surface area contributed by atoms with E-state index < -0.39 is 0 Å². The molecule has 0 aliphatic carbocycles. The maximum atomic E-state index is 11.9. The summed E-state index contributed by atoms with van der Waals surface area (Å²) in [6, 6.07) is 7.80. The molecule has 1 aliphatic heterocycles. The van der Waals surface area contributed by atoms with Gasteiger partial charge in [0.1, 0.15) is 5.75 Å². The Morgan fingerprint density at radius 2 is 1.78 bits per heavy atom. The van der Waals surface area contributed by atoms with Crippen LogP contribution < -0.4 is 10.1 Å². The predicted octanol–water partition coefficient (Wildman–Crippen LogP) is 1.69. The number of amides is 3. The highest BCUT2D eigenvalue weighted by molar-refractivity contribution is 6.01. The van der Waals surface area contributed by atoms with Gasteiger partial charge in [-0.25, -0.2) is 0 Å². The van der Waals surface area contributed by atoms with Crippen molar-refractivity contribution in [3.05, 3.63) is 29.8 Å². The zero-order valence-electron chi connectivity index (χ0n) is 15.9. The first-order valence-corrected chi connectivity index (χ1v) is 9.49. The second-order valence-corrected chi connectivity index (χ2v) is 6.39. The third-order valence-electron chi connectivity index (χ3n) is 4.22. The van der Waals surface area contributed by atoms with Gasteiger partial charge in [-0.05, 0) is 30.5 Å². The van der Waals surface area contributed by atoms with Crippen molar-refractivity contribution in [1.82, 2.24) is 10.2 Å². The smallest absolute Gasteiger partial charge is 0.229 e. The monoisotopic (exact) mass is 376 g/mol. The molecule has 1 fully saturated rings. The molecule has 1 saturated heterocycles. The van der Waals surface area contributed by atoms with Crippen LogP contribution in [0.1, 0.15) is 38.2 Å². The molecule has 1 N–H and O–H groups in total. The van der Waals surface area contributed by atoms with Gasteiger partial charge < -0.3 is 14.8 Å². The molecule has 0 radical (unpaired) electrons. The maximum Gasteiger partial charge on any atom is 0.229 e. The van der Waals surface area contributed by atoms with E-state index in [1.165, 1.54) is 4.90 Å². The molecule has 148 valence electrons. The lowest BCUT2D eigenvalue weighted by atomic mass is 10.1. The Bertz CT molecular complexity index is 614. The van der Waals surface area contributed by atoms with Crippen molar-refractivity contribution in [3.63, 3.8) is 0 Å². The van der Waals surface area contributed by atoms with Gasteiger partial charge in [-0.15, -0.1) is 0 Å². The lowest BCUT2D eigenvalue weighted by molar-refractivity contribution is -0.139. The van der Waals surface area contributed by atoms with Crippen LogP contribution in [-0.2, 0) is 25.5 Å². The first-order valence-electron chi connectivity index (χ1n) is 9.49. The summed E-state index contributed by atoms with van der Waals surface area (Å²) >= 11 is 0. The second-order valence-electron chi connectivity index (χ2n) is 6.39. The molecule has 7 heteroatoms. The minimum atomic E-state index is -0.137. The zero-order valence-corrected chi connectivity index (χ0v) is 15.9. The molecule has 27 heavy (non-hydrogen) atoms. The predicted molar refractivity (Wildman–Crippen MR) is 100 cm³/mol. The van der Waals surface area contributed by atoms with Crippen molar-refractivity contribution in [3.8, 4) is 5.75 Å². The quantitative estimate of drug-likeness (QED) is 0.443. The molecular weight excluding hydrogens is 348 g/mol. The summed E-state index contributed by atoms with van der Waals surface area (Å²) in [5.74, 6) is 0.540. The number of nitrogens with zero attached hydrogens (tertiary/aromatic N) is 1. The van der Waals surface area contributed by atoms with Gasteiger partial charge in [-0.3, -0.25) is 19.3 Å². The van der Waals surface area contributed by atoms with Gasteiger partial charge in [0.2, 0.25) is 17.7 Å². The summed E-state index contributed by atoms with van der Waals surface area (Å²) in [6.45, 7) is 4.10. The summed E-state index contributed by atoms with van der Waals surface area (Å²) < 4.78 is 10.9. The summed E-state index contributed by atoms with van der Waals surface area (Å²) in [5, 5.41) is 2.80. The number of hydrogen-bond donors (Lipinski definition) is 1. The highest BCUT2D eigenvalue weighted by Gasteiger charge is 2.28. The van der Waals surface area contributed by atoms with E-state index >= 15 is 0 Å². The van der Waals surface area contributed by atoms with Gasteiger partial charge in [-0.2, -0.15) is 0 Å². The third-order valence-corrected chi connectivity index (χ3v) is 4.22. The standard InChI is InChI=1S/C20H28N2O5/c1-2-13-27-17-6-3-16(4-7-17)5-8-18(23)21-11-14-26-15-12-22-19(24)9-10-20(22)25/h3-4,6-7H,2,5,8-15H2,1H3,(H,21,23). The second kappa shape index (κ2) is 11.3. The van der Waals surface area contributed by atoms with Gasteiger partial charge in [0.05, 0.1) is 26.4 Å². The van der Waals surface area contributed by atoms with E-state index in [0.29, 0.717) is 52.0 Å². The Hall–Kier alpha value is -2.41. The van der Waals surface area contributed by atoms with E-state index in [1.54, 1.807) is 0 Å². The number of carbonyl (C=O) groups is 3. The van der Waals surface area contributed by atoms with Crippen LogP contribution >= 0.6 is 0 Å². The molecule has 0 spiro atoms. The summed E-state index contributed by atoms with van der Waals surface area (Å²) in [6.07, 6.45) is 2.64. The van der Waals surface area contributed by atoms with E-state index in [1.807, 2.05) is 24.3 Å². The maximum absolute atomic E-state index is 11.9. The third kappa shape index (κ3) is 7.38. The molecule has 1 heterocycles. The molecule has 2 rings (SSSR count). The van der Waals surface area contributed by atoms with Gasteiger partial charge in [0, 0.05) is 25.8 Å². The fourth-order valence-corrected chi connectivity index (χ4v) is 2.71. The van der Waals surface area contributed by atoms with Crippen LogP contribution in [-0.4, -0.2) is 55.5 Å². The lowest BCUT2D eigenvalue weighted by Crippen LogP contribution is -2.33. The van der Waals surface area contributed by atoms with Gasteiger partial charge in [-0.1, -0.05) is 19.1 Å². The van der Waals surface area contributed by atoms with Crippen molar-refractivity contribution < 1.29 is 23.9 Å². The topological polar surface area (TPSA) is 84.9 Å². The van der Waals surface area contributed by atoms with Crippen LogP contribution in [0.3, 0.4) is 0 Å². The van der Waals surface area contributed by atoms with Gasteiger partial charge >= 0.3 is 0 Å². The van der Waals surface area contributed by atoms with Crippen LogP contribution in [0.5, 0.6) is 5.75 Å². The average Bonchev–Trinajstić information content (AvgIpc) is 3.00. The fourth-order valence-electron chi connectivity index (χ4n) is 2.71. The van der Waals surface area contributed by atoms with E-state index in [9.17, 15) is 14.4 Å². The summed E-state index contributed by atoms with van der Waals surface area (Å²) in [5.41, 5.74) is 1.09. The van der Waals surface area contributed by atoms with Crippen LogP contribution in [0.4, 0.5) is 0 Å². The zero-order chi connectivity index (χ0) is 19.5. The number of aryl methyl sites for hydroxylation is 1. The molecule has 1 aliphatic rings. The molecule has 0 aromatic heterocycles. The lowest BCUT2D eigenvalue weighted by Gasteiger charge is -2.13. The normalized spacial score (nSPS) is 13.9. The number of carbonyl (C=O) groups excluding carboxylic acids is 3. The van der Waals surface area contributed by atoms with Crippen molar-refractivity contribution in [2.45, 2.75) is 39.0 Å². The minimum absolute atomic E-state index is 0.0326. The number of benzene rings is 1. The number of likely N-dealkylation sites (tertiary alicyclic amines) is 1. The van der Waals surface area contributed by atoms with E-state index in [-0.39, 0.29) is 24.3 Å². The Kier molecular flexibility index (Phi) is 8.77. The molecule has 1 aromatic carbocycles. The van der Waals surface area contributed by atoms with Crippen LogP contribution in [0.25, 0.3) is 0 Å². The van der Waals surface area contributed by atoms with Crippen molar-refractivity contribution in [2.24, 2.45) is 0 Å². The highest BCUT2D eigenvalue weighted by atomic mass is 16.5. The molecule has 1 aromatic rings. The van der Waals surface area contributed by atoms with Crippen molar-refractivity contribution in [1.29, 1.82) is 0 Å². The first kappa shape index (κ1) is 20.9. The van der Waals surface area contributed by atoms with E-state index in [0.717, 1.165) is 17.7 Å². The van der Waals surface area contributed by atoms with Crippen molar-refractivity contribution in [2.75, 3.05) is 32.9 Å². The van der Waals surface area contributed by atoms with E-state index in [2.05, 4.69) is 12.2 Å². The number of hydrogen-bond acceptors (Lipinski definition) is 5. The SMILES string of the molecule is CCCOc1ccc(CCC(=O)NCCOCCN2C(=O)CCC2=O)cc1. The highest BCUT2D eigenvalue weighted by Crippen LogP contribution is 2.13. The first-order chi connectivity index (χ1) is 13.1. The molecule has 3 amide bonds. The molecule has 7 nitrogen and oxygen atoms in total. The summed E-state index contributed by atoms with van der Waals surface area (Å²) in [4.78, 5) is 36.0. The Balaban J connectivity index is 1.52. The number of ether oxygens (including phenoxy) is 2. The van der Waals surface area contributed by atoms with Crippen molar-refractivity contribution >= 4 is 17.7 Å². The van der Waals surface area contributed by atoms with Gasteiger partial charge in [0.25, 0.3) is 0 Å². The summed E-state index contributed by atoms with van der Waals surface area (Å²) in [7, 11) is 0. The van der Waals surface area contributed by atoms with Gasteiger partial charge in [0.15, 0.2) is 0 Å². The molecule has 0 bridgehead atoms. The number of nitrogens with one attached hydrogen (secondary N) is 1. The fraction of sp³-hybridized carbons (Fsp3) is 0.550. The molecule has 0 unspecified atom stereocenters. The van der Waals surface area contributed by atoms with Crippen LogP contribution in [0.2, 0.25) is 0 Å².